The van der Waals surface area contributed by atoms with E-state index in [0.717, 1.165) is 12.1 Å². The molecule has 1 aromatic rings. The number of halogens is 2. The lowest BCUT2D eigenvalue weighted by Gasteiger charge is -2.18. The minimum atomic E-state index is -4.20. The molecular weight excluding hydrogens is 266 g/mol. The second kappa shape index (κ2) is 4.79. The average molecular weight is 280 g/mol. The molecule has 0 saturated carbocycles. The summed E-state index contributed by atoms with van der Waals surface area (Å²) in [6.45, 7) is 2.45. The molecule has 1 aromatic carbocycles. The number of nitrogens with one attached hydrogen (secondary N) is 1. The Labute approximate surface area is 104 Å². The molecule has 0 aliphatic carbocycles. The van der Waals surface area contributed by atoms with Crippen LogP contribution in [0.5, 0.6) is 0 Å². The van der Waals surface area contributed by atoms with E-state index in [1.165, 1.54) is 13.8 Å². The van der Waals surface area contributed by atoms with E-state index >= 15 is 0 Å². The van der Waals surface area contributed by atoms with E-state index in [9.17, 15) is 22.3 Å². The summed E-state index contributed by atoms with van der Waals surface area (Å²) in [5.41, 5.74) is 2.91. The molecule has 4 N–H and O–H groups in total. The molecule has 0 saturated heterocycles. The van der Waals surface area contributed by atoms with Crippen molar-refractivity contribution in [1.82, 2.24) is 4.72 Å². The summed E-state index contributed by atoms with van der Waals surface area (Å²) >= 11 is 0. The predicted octanol–water partition coefficient (Wildman–Crippen LogP) is 0.596. The minimum absolute atomic E-state index is 0.313. The number of nitrogen functional groups attached to an aromatic ring is 1. The third-order valence-corrected chi connectivity index (χ3v) is 3.49. The number of benzene rings is 1. The van der Waals surface area contributed by atoms with Gasteiger partial charge in [0.25, 0.3) is 0 Å². The molecule has 1 rings (SSSR count). The van der Waals surface area contributed by atoms with Crippen molar-refractivity contribution in [2.24, 2.45) is 0 Å². The molecule has 0 fully saturated rings. The Morgan fingerprint density at radius 2 is 1.94 bits per heavy atom. The minimum Gasteiger partial charge on any atom is -0.394 e. The van der Waals surface area contributed by atoms with Gasteiger partial charge in [0.05, 0.1) is 5.60 Å². The van der Waals surface area contributed by atoms with Gasteiger partial charge in [-0.2, -0.15) is 0 Å². The molecule has 0 radical (unpaired) electrons. The molecular formula is C10H14F2N2O3S. The zero-order valence-corrected chi connectivity index (χ0v) is 10.7. The van der Waals surface area contributed by atoms with Crippen molar-refractivity contribution < 1.29 is 22.3 Å². The Morgan fingerprint density at radius 3 is 2.44 bits per heavy atom. The highest BCUT2D eigenvalue weighted by molar-refractivity contribution is 7.89. The van der Waals surface area contributed by atoms with E-state index in [1.807, 2.05) is 4.72 Å². The van der Waals surface area contributed by atoms with Crippen molar-refractivity contribution in [3.63, 3.8) is 0 Å². The molecule has 0 heterocycles. The molecule has 0 bridgehead atoms. The largest absolute Gasteiger partial charge is 0.394 e. The van der Waals surface area contributed by atoms with Gasteiger partial charge in [-0.05, 0) is 26.0 Å². The van der Waals surface area contributed by atoms with Gasteiger partial charge < -0.3 is 10.8 Å². The van der Waals surface area contributed by atoms with E-state index < -0.39 is 37.8 Å². The molecule has 0 aliphatic heterocycles. The maximum absolute atomic E-state index is 13.5. The summed E-state index contributed by atoms with van der Waals surface area (Å²) in [5, 5.41) is 9.39. The van der Waals surface area contributed by atoms with Crippen LogP contribution in [0.15, 0.2) is 17.0 Å². The van der Waals surface area contributed by atoms with Crippen LogP contribution in [0.1, 0.15) is 13.8 Å². The number of sulfonamides is 1. The smallest absolute Gasteiger partial charge is 0.243 e. The van der Waals surface area contributed by atoms with Gasteiger partial charge in [0.1, 0.15) is 16.4 Å². The van der Waals surface area contributed by atoms with Crippen molar-refractivity contribution in [1.29, 1.82) is 0 Å². The molecule has 0 aromatic heterocycles. The highest BCUT2D eigenvalue weighted by atomic mass is 32.2. The van der Waals surface area contributed by atoms with E-state index in [4.69, 9.17) is 5.73 Å². The van der Waals surface area contributed by atoms with Crippen molar-refractivity contribution in [2.45, 2.75) is 24.3 Å². The summed E-state index contributed by atoms with van der Waals surface area (Å²) in [7, 11) is -4.20. The Hall–Kier alpha value is -1.25. The van der Waals surface area contributed by atoms with Gasteiger partial charge in [0.2, 0.25) is 10.0 Å². The molecule has 5 nitrogen and oxygen atoms in total. The molecule has 8 heteroatoms. The van der Waals surface area contributed by atoms with E-state index in [-0.39, 0.29) is 6.54 Å². The lowest BCUT2D eigenvalue weighted by molar-refractivity contribution is 0.0857. The van der Waals surface area contributed by atoms with Gasteiger partial charge in [0.15, 0.2) is 5.82 Å². The second-order valence-electron chi connectivity index (χ2n) is 4.41. The molecule has 0 spiro atoms. The lowest BCUT2D eigenvalue weighted by Crippen LogP contribution is -2.38. The highest BCUT2D eigenvalue weighted by Gasteiger charge is 2.24. The topological polar surface area (TPSA) is 92.4 Å². The quantitative estimate of drug-likeness (QED) is 0.704. The van der Waals surface area contributed by atoms with E-state index in [0.29, 0.717) is 0 Å². The van der Waals surface area contributed by atoms with Gasteiger partial charge >= 0.3 is 0 Å². The van der Waals surface area contributed by atoms with Crippen LogP contribution in [-0.2, 0) is 10.0 Å². The number of rotatable bonds is 4. The Morgan fingerprint density at radius 1 is 1.39 bits per heavy atom. The van der Waals surface area contributed by atoms with Crippen LogP contribution in [0.3, 0.4) is 0 Å². The van der Waals surface area contributed by atoms with Crippen LogP contribution >= 0.6 is 0 Å². The SMILES string of the molecule is CC(C)(O)CNS(=O)(=O)c1ccc(F)c(N)c1F. The maximum Gasteiger partial charge on any atom is 0.243 e. The first kappa shape index (κ1) is 14.8. The third-order valence-electron chi connectivity index (χ3n) is 2.08. The Balaban J connectivity index is 3.11. The molecule has 18 heavy (non-hydrogen) atoms. The van der Waals surface area contributed by atoms with Gasteiger partial charge in [-0.1, -0.05) is 0 Å². The second-order valence-corrected chi connectivity index (χ2v) is 6.15. The van der Waals surface area contributed by atoms with Crippen molar-refractivity contribution in [3.05, 3.63) is 23.8 Å². The first-order chi connectivity index (χ1) is 8.04. The standard InChI is InChI=1S/C10H14F2N2O3S/c1-10(2,15)5-14-18(16,17)7-4-3-6(11)9(13)8(7)12/h3-4,14-15H,5,13H2,1-2H3. The van der Waals surface area contributed by atoms with Gasteiger partial charge in [0, 0.05) is 6.54 Å². The third kappa shape index (κ3) is 3.37. The maximum atomic E-state index is 13.5. The molecule has 0 atom stereocenters. The van der Waals surface area contributed by atoms with Crippen LogP contribution in [0.4, 0.5) is 14.5 Å². The van der Waals surface area contributed by atoms with E-state index in [2.05, 4.69) is 0 Å². The van der Waals surface area contributed by atoms with E-state index in [1.54, 1.807) is 0 Å². The first-order valence-electron chi connectivity index (χ1n) is 5.00. The monoisotopic (exact) mass is 280 g/mol. The number of nitrogens with two attached hydrogens (primary N) is 1. The van der Waals surface area contributed by atoms with Crippen molar-refractivity contribution in [3.8, 4) is 0 Å². The van der Waals surface area contributed by atoms with Crippen molar-refractivity contribution in [2.75, 3.05) is 12.3 Å². The van der Waals surface area contributed by atoms with Crippen LogP contribution < -0.4 is 10.5 Å². The fourth-order valence-corrected chi connectivity index (χ4v) is 2.40. The van der Waals surface area contributed by atoms with Gasteiger partial charge in [-0.3, -0.25) is 0 Å². The summed E-state index contributed by atoms with van der Waals surface area (Å²) < 4.78 is 51.9. The summed E-state index contributed by atoms with van der Waals surface area (Å²) in [6, 6.07) is 1.53. The molecule has 0 amide bonds. The molecule has 0 unspecified atom stereocenters. The fraction of sp³-hybridized carbons (Fsp3) is 0.400. The lowest BCUT2D eigenvalue weighted by atomic mass is 10.1. The summed E-state index contributed by atoms with van der Waals surface area (Å²) in [5.74, 6) is -2.38. The van der Waals surface area contributed by atoms with Crippen LogP contribution in [0, 0.1) is 11.6 Å². The van der Waals surface area contributed by atoms with Gasteiger partial charge in [-0.15, -0.1) is 0 Å². The first-order valence-corrected chi connectivity index (χ1v) is 6.48. The molecule has 0 aliphatic rings. The normalized spacial score (nSPS) is 12.7. The van der Waals surface area contributed by atoms with Gasteiger partial charge in [-0.25, -0.2) is 21.9 Å². The fourth-order valence-electron chi connectivity index (χ4n) is 1.11. The Bertz CT molecular complexity index is 553. The average Bonchev–Trinajstić information content (AvgIpc) is 2.22. The number of aliphatic hydroxyl groups is 1. The van der Waals surface area contributed by atoms with Crippen LogP contribution in [0.25, 0.3) is 0 Å². The number of hydrogen-bond acceptors (Lipinski definition) is 4. The van der Waals surface area contributed by atoms with Crippen LogP contribution in [-0.4, -0.2) is 25.7 Å². The summed E-state index contributed by atoms with van der Waals surface area (Å²) in [6.07, 6.45) is 0. The number of anilines is 1. The zero-order chi connectivity index (χ0) is 14.1. The van der Waals surface area contributed by atoms with Crippen LogP contribution in [0.2, 0.25) is 0 Å². The zero-order valence-electron chi connectivity index (χ0n) is 9.87. The summed E-state index contributed by atoms with van der Waals surface area (Å²) in [4.78, 5) is -0.759. The molecule has 102 valence electrons. The number of hydrogen-bond donors (Lipinski definition) is 3. The predicted molar refractivity (Wildman–Crippen MR) is 62.3 cm³/mol. The highest BCUT2D eigenvalue weighted by Crippen LogP contribution is 2.22. The Kier molecular flexibility index (Phi) is 3.94. The van der Waals surface area contributed by atoms with Crippen molar-refractivity contribution >= 4 is 15.7 Å².